The van der Waals surface area contributed by atoms with E-state index in [2.05, 4.69) is 22.4 Å². The number of carbonyl (C=O) groups is 2. The maximum atomic E-state index is 12.6. The first-order chi connectivity index (χ1) is 15.3. The lowest BCUT2D eigenvalue weighted by Gasteiger charge is -2.18. The highest BCUT2D eigenvalue weighted by atomic mass is 32.2. The van der Waals surface area contributed by atoms with Crippen molar-refractivity contribution in [2.75, 3.05) is 18.2 Å². The maximum absolute atomic E-state index is 12.6. The van der Waals surface area contributed by atoms with Crippen LogP contribution in [0.2, 0.25) is 0 Å². The van der Waals surface area contributed by atoms with Crippen molar-refractivity contribution in [3.05, 3.63) is 46.3 Å². The topological polar surface area (TPSA) is 128 Å². The van der Waals surface area contributed by atoms with Gasteiger partial charge in [-0.1, -0.05) is 30.2 Å². The molecule has 1 amide bonds. The standard InChI is InChI=1S/C21H21N3O6S2/c1-12-8-9-14-15(10-12)31-19(17(14)20(26)29-2)22-16(25)11-32(27,28)21-24-23-18(30-21)13-6-4-3-5-7-13/h3-7,12H,8-11H2,1-2H3,(H,22,25). The van der Waals surface area contributed by atoms with Crippen molar-refractivity contribution in [3.63, 3.8) is 0 Å². The number of nitrogens with zero attached hydrogens (tertiary/aromatic N) is 2. The molecule has 3 aromatic rings. The van der Waals surface area contributed by atoms with E-state index < -0.39 is 32.7 Å². The van der Waals surface area contributed by atoms with Crippen molar-refractivity contribution in [1.82, 2.24) is 10.2 Å². The fourth-order valence-electron chi connectivity index (χ4n) is 3.59. The number of aromatic nitrogens is 2. The summed E-state index contributed by atoms with van der Waals surface area (Å²) in [5.41, 5.74) is 1.73. The van der Waals surface area contributed by atoms with Crippen molar-refractivity contribution >= 4 is 38.1 Å². The average molecular weight is 476 g/mol. The van der Waals surface area contributed by atoms with Gasteiger partial charge in [0, 0.05) is 10.4 Å². The minimum Gasteiger partial charge on any atom is -0.465 e. The largest absolute Gasteiger partial charge is 0.465 e. The van der Waals surface area contributed by atoms with Crippen LogP contribution in [-0.4, -0.2) is 43.4 Å². The van der Waals surface area contributed by atoms with Crippen molar-refractivity contribution in [3.8, 4) is 11.5 Å². The summed E-state index contributed by atoms with van der Waals surface area (Å²) >= 11 is 1.28. The lowest BCUT2D eigenvalue weighted by molar-refractivity contribution is -0.113. The minimum absolute atomic E-state index is 0.0395. The molecule has 2 heterocycles. The number of benzene rings is 1. The highest BCUT2D eigenvalue weighted by Crippen LogP contribution is 2.40. The van der Waals surface area contributed by atoms with Gasteiger partial charge < -0.3 is 14.5 Å². The fraction of sp³-hybridized carbons (Fsp3) is 0.333. The van der Waals surface area contributed by atoms with Gasteiger partial charge in [-0.25, -0.2) is 13.2 Å². The van der Waals surface area contributed by atoms with Crippen LogP contribution in [0, 0.1) is 5.92 Å². The molecule has 0 radical (unpaired) electrons. The van der Waals surface area contributed by atoms with Crippen LogP contribution in [0.1, 0.15) is 34.1 Å². The van der Waals surface area contributed by atoms with E-state index >= 15 is 0 Å². The summed E-state index contributed by atoms with van der Waals surface area (Å²) in [5, 5.41) is 9.58. The molecule has 0 aliphatic heterocycles. The number of nitrogens with one attached hydrogen (secondary N) is 1. The Morgan fingerprint density at radius 3 is 2.72 bits per heavy atom. The van der Waals surface area contributed by atoms with Crippen LogP contribution in [-0.2, 0) is 32.2 Å². The van der Waals surface area contributed by atoms with Gasteiger partial charge in [-0.05, 0) is 42.9 Å². The lowest BCUT2D eigenvalue weighted by Crippen LogP contribution is -2.24. The molecule has 168 valence electrons. The first kappa shape index (κ1) is 22.2. The number of fused-ring (bicyclic) bond motifs is 1. The quantitative estimate of drug-likeness (QED) is 0.539. The molecule has 4 rings (SSSR count). The Balaban J connectivity index is 1.54. The number of hydrogen-bond acceptors (Lipinski definition) is 9. The number of thiophene rings is 1. The van der Waals surface area contributed by atoms with Crippen LogP contribution in [0.3, 0.4) is 0 Å². The van der Waals surface area contributed by atoms with Gasteiger partial charge in [-0.15, -0.1) is 16.4 Å². The summed E-state index contributed by atoms with van der Waals surface area (Å²) in [7, 11) is -2.91. The molecule has 0 spiro atoms. The summed E-state index contributed by atoms with van der Waals surface area (Å²) in [6, 6.07) is 8.70. The zero-order chi connectivity index (χ0) is 22.9. The highest BCUT2D eigenvalue weighted by molar-refractivity contribution is 7.91. The summed E-state index contributed by atoms with van der Waals surface area (Å²) < 4.78 is 35.5. The molecule has 1 aliphatic carbocycles. The van der Waals surface area contributed by atoms with Gasteiger partial charge in [-0.2, -0.15) is 0 Å². The third kappa shape index (κ3) is 4.44. The third-order valence-corrected chi connectivity index (χ3v) is 7.68. The Morgan fingerprint density at radius 1 is 1.25 bits per heavy atom. The zero-order valence-electron chi connectivity index (χ0n) is 17.5. The normalized spacial score (nSPS) is 15.8. The number of sulfone groups is 1. The second kappa shape index (κ2) is 8.83. The summed E-state index contributed by atoms with van der Waals surface area (Å²) in [6.07, 6.45) is 2.43. The van der Waals surface area contributed by atoms with Gasteiger partial charge in [-0.3, -0.25) is 4.79 Å². The van der Waals surface area contributed by atoms with E-state index in [4.69, 9.17) is 9.15 Å². The molecule has 1 aromatic carbocycles. The number of methoxy groups -OCH3 is 1. The third-order valence-electron chi connectivity index (χ3n) is 5.17. The first-order valence-corrected chi connectivity index (χ1v) is 12.4. The van der Waals surface area contributed by atoms with E-state index in [0.29, 0.717) is 28.5 Å². The molecule has 2 aromatic heterocycles. The van der Waals surface area contributed by atoms with Gasteiger partial charge in [0.15, 0.2) is 0 Å². The monoisotopic (exact) mass is 475 g/mol. The van der Waals surface area contributed by atoms with Crippen LogP contribution in [0.5, 0.6) is 0 Å². The Labute approximate surface area is 188 Å². The van der Waals surface area contributed by atoms with Crippen LogP contribution in [0.4, 0.5) is 5.00 Å². The summed E-state index contributed by atoms with van der Waals surface area (Å²) in [5.74, 6) is -1.76. The number of esters is 1. The fourth-order valence-corrected chi connectivity index (χ4v) is 5.91. The number of hydrogen-bond donors (Lipinski definition) is 1. The average Bonchev–Trinajstić information content (AvgIpc) is 3.38. The van der Waals surface area contributed by atoms with Gasteiger partial charge in [0.1, 0.15) is 10.8 Å². The summed E-state index contributed by atoms with van der Waals surface area (Å²) in [4.78, 5) is 26.0. The number of carbonyl (C=O) groups excluding carboxylic acids is 2. The predicted octanol–water partition coefficient (Wildman–Crippen LogP) is 3.12. The molecule has 0 saturated heterocycles. The number of amides is 1. The predicted molar refractivity (Wildman–Crippen MR) is 117 cm³/mol. The molecule has 32 heavy (non-hydrogen) atoms. The van der Waals surface area contributed by atoms with E-state index in [-0.39, 0.29) is 5.89 Å². The van der Waals surface area contributed by atoms with Gasteiger partial charge in [0.05, 0.1) is 12.7 Å². The molecular formula is C21H21N3O6S2. The molecule has 1 unspecified atom stereocenters. The number of rotatable bonds is 6. The lowest BCUT2D eigenvalue weighted by atomic mass is 9.88. The summed E-state index contributed by atoms with van der Waals surface area (Å²) in [6.45, 7) is 2.12. The van der Waals surface area contributed by atoms with Crippen molar-refractivity contribution in [2.45, 2.75) is 31.4 Å². The van der Waals surface area contributed by atoms with Gasteiger partial charge >= 0.3 is 11.2 Å². The molecule has 0 saturated carbocycles. The molecule has 9 nitrogen and oxygen atoms in total. The van der Waals surface area contributed by atoms with Crippen molar-refractivity contribution < 1.29 is 27.2 Å². The molecule has 1 N–H and O–H groups in total. The Kier molecular flexibility index (Phi) is 6.11. The van der Waals surface area contributed by atoms with E-state index in [0.717, 1.165) is 23.3 Å². The second-order valence-corrected chi connectivity index (χ2v) is 10.6. The highest BCUT2D eigenvalue weighted by Gasteiger charge is 2.31. The van der Waals surface area contributed by atoms with E-state index in [1.165, 1.54) is 18.4 Å². The van der Waals surface area contributed by atoms with Crippen LogP contribution in [0.15, 0.2) is 40.0 Å². The van der Waals surface area contributed by atoms with Crippen LogP contribution >= 0.6 is 11.3 Å². The van der Waals surface area contributed by atoms with Gasteiger partial charge in [0.25, 0.3) is 0 Å². The molecule has 1 aliphatic rings. The molecule has 1 atom stereocenters. The van der Waals surface area contributed by atoms with Crippen LogP contribution < -0.4 is 5.32 Å². The minimum atomic E-state index is -4.18. The molecule has 0 bridgehead atoms. The molecule has 0 fully saturated rings. The van der Waals surface area contributed by atoms with E-state index in [1.54, 1.807) is 30.3 Å². The molecular weight excluding hydrogens is 454 g/mol. The van der Waals surface area contributed by atoms with Crippen LogP contribution in [0.25, 0.3) is 11.5 Å². The Hall–Kier alpha value is -3.05. The SMILES string of the molecule is COC(=O)c1c(NC(=O)CS(=O)(=O)c2nnc(-c3ccccc3)o2)sc2c1CCC(C)C2. The van der Waals surface area contributed by atoms with Gasteiger partial charge in [0.2, 0.25) is 21.6 Å². The Bertz CT molecular complexity index is 1260. The second-order valence-electron chi connectivity index (χ2n) is 7.59. The molecule has 11 heteroatoms. The maximum Gasteiger partial charge on any atom is 0.341 e. The smallest absolute Gasteiger partial charge is 0.341 e. The Morgan fingerprint density at radius 2 is 2.00 bits per heavy atom. The number of ether oxygens (including phenoxy) is 1. The van der Waals surface area contributed by atoms with E-state index in [1.807, 2.05) is 0 Å². The first-order valence-electron chi connectivity index (χ1n) is 9.93. The number of anilines is 1. The zero-order valence-corrected chi connectivity index (χ0v) is 19.1. The van der Waals surface area contributed by atoms with Crippen molar-refractivity contribution in [2.24, 2.45) is 5.92 Å². The van der Waals surface area contributed by atoms with Crippen molar-refractivity contribution in [1.29, 1.82) is 0 Å². The van der Waals surface area contributed by atoms with E-state index in [9.17, 15) is 18.0 Å².